The molecular weight excluding hydrogens is 176 g/mol. The van der Waals surface area contributed by atoms with Crippen molar-refractivity contribution in [1.82, 2.24) is 5.16 Å². The number of anilines is 1. The Balaban J connectivity index is 2.55. The minimum atomic E-state index is 0.0192. The highest BCUT2D eigenvalue weighted by molar-refractivity contribution is 5.35. The van der Waals surface area contributed by atoms with E-state index in [1.165, 1.54) is 0 Å². The molecule has 3 nitrogen and oxygen atoms in total. The normalized spacial score (nSPS) is 11.4. The van der Waals surface area contributed by atoms with Crippen LogP contribution in [-0.4, -0.2) is 11.7 Å². The van der Waals surface area contributed by atoms with E-state index < -0.39 is 0 Å². The second kappa shape index (κ2) is 4.31. The van der Waals surface area contributed by atoms with Crippen LogP contribution in [0, 0.1) is 0 Å². The van der Waals surface area contributed by atoms with Gasteiger partial charge in [0.15, 0.2) is 5.82 Å². The molecule has 0 saturated carbocycles. The Morgan fingerprint density at radius 2 is 2.29 bits per heavy atom. The number of hydrogen-bond acceptors (Lipinski definition) is 3. The van der Waals surface area contributed by atoms with E-state index in [-0.39, 0.29) is 5.41 Å². The summed E-state index contributed by atoms with van der Waals surface area (Å²) < 4.78 is 5.22. The Hall–Kier alpha value is -1.25. The van der Waals surface area contributed by atoms with Crippen LogP contribution >= 0.6 is 0 Å². The van der Waals surface area contributed by atoms with Crippen molar-refractivity contribution in [3.05, 3.63) is 24.5 Å². The van der Waals surface area contributed by atoms with E-state index in [2.05, 4.69) is 37.8 Å². The molecule has 0 radical (unpaired) electrons. The first-order chi connectivity index (χ1) is 6.54. The van der Waals surface area contributed by atoms with E-state index in [0.717, 1.165) is 24.5 Å². The molecule has 0 aliphatic carbocycles. The molecule has 14 heavy (non-hydrogen) atoms. The lowest BCUT2D eigenvalue weighted by atomic mass is 9.93. The van der Waals surface area contributed by atoms with Crippen molar-refractivity contribution in [2.75, 3.05) is 11.9 Å². The molecule has 0 aliphatic rings. The maximum atomic E-state index is 5.22. The highest BCUT2D eigenvalue weighted by atomic mass is 16.5. The van der Waals surface area contributed by atoms with Gasteiger partial charge in [0.1, 0.15) is 5.76 Å². The molecule has 0 aromatic carbocycles. The highest BCUT2D eigenvalue weighted by Crippen LogP contribution is 2.24. The molecule has 0 saturated heterocycles. The van der Waals surface area contributed by atoms with E-state index in [1.807, 2.05) is 12.1 Å². The first kappa shape index (κ1) is 10.8. The smallest absolute Gasteiger partial charge is 0.169 e. The third-order valence-electron chi connectivity index (χ3n) is 1.90. The van der Waals surface area contributed by atoms with Crippen LogP contribution in [-0.2, 0) is 5.41 Å². The molecule has 0 spiro atoms. The Labute approximate surface area is 85.2 Å². The summed E-state index contributed by atoms with van der Waals surface area (Å²) in [6.07, 6.45) is 2.80. The Morgan fingerprint density at radius 3 is 2.79 bits per heavy atom. The van der Waals surface area contributed by atoms with Gasteiger partial charge in [-0.25, -0.2) is 0 Å². The van der Waals surface area contributed by atoms with E-state index >= 15 is 0 Å². The summed E-state index contributed by atoms with van der Waals surface area (Å²) in [5.41, 5.74) is 0.0192. The topological polar surface area (TPSA) is 38.1 Å². The molecule has 0 bridgehead atoms. The van der Waals surface area contributed by atoms with Crippen molar-refractivity contribution in [3.63, 3.8) is 0 Å². The molecule has 0 atom stereocenters. The van der Waals surface area contributed by atoms with Crippen molar-refractivity contribution in [1.29, 1.82) is 0 Å². The minimum absolute atomic E-state index is 0.0192. The first-order valence-corrected chi connectivity index (χ1v) is 4.86. The molecule has 1 aromatic heterocycles. The largest absolute Gasteiger partial charge is 0.367 e. The maximum absolute atomic E-state index is 5.22. The predicted molar refractivity (Wildman–Crippen MR) is 58.5 cm³/mol. The monoisotopic (exact) mass is 194 g/mol. The third-order valence-corrected chi connectivity index (χ3v) is 1.90. The molecular formula is C11H18N2O. The maximum Gasteiger partial charge on any atom is 0.169 e. The van der Waals surface area contributed by atoms with Crippen molar-refractivity contribution in [2.45, 2.75) is 32.6 Å². The van der Waals surface area contributed by atoms with Gasteiger partial charge in [0.2, 0.25) is 0 Å². The van der Waals surface area contributed by atoms with Gasteiger partial charge in [-0.2, -0.15) is 0 Å². The average molecular weight is 194 g/mol. The summed E-state index contributed by atoms with van der Waals surface area (Å²) >= 11 is 0. The molecule has 78 valence electrons. The summed E-state index contributed by atoms with van der Waals surface area (Å²) in [4.78, 5) is 0. The summed E-state index contributed by atoms with van der Waals surface area (Å²) in [5.74, 6) is 1.70. The van der Waals surface area contributed by atoms with Gasteiger partial charge in [0, 0.05) is 18.0 Å². The summed E-state index contributed by atoms with van der Waals surface area (Å²) in [5, 5.41) is 7.10. The lowest BCUT2D eigenvalue weighted by molar-refractivity contribution is 0.330. The number of hydrogen-bond donors (Lipinski definition) is 1. The Kier molecular flexibility index (Phi) is 3.33. The summed E-state index contributed by atoms with van der Waals surface area (Å²) in [6.45, 7) is 10.8. The van der Waals surface area contributed by atoms with Crippen molar-refractivity contribution in [3.8, 4) is 0 Å². The van der Waals surface area contributed by atoms with E-state index in [0.29, 0.717) is 0 Å². The van der Waals surface area contributed by atoms with Gasteiger partial charge < -0.3 is 9.84 Å². The van der Waals surface area contributed by atoms with Crippen LogP contribution in [0.3, 0.4) is 0 Å². The van der Waals surface area contributed by atoms with Crippen molar-refractivity contribution < 1.29 is 4.52 Å². The van der Waals surface area contributed by atoms with E-state index in [4.69, 9.17) is 4.52 Å². The number of nitrogens with zero attached hydrogens (tertiary/aromatic N) is 1. The quantitative estimate of drug-likeness (QED) is 0.591. The van der Waals surface area contributed by atoms with Crippen LogP contribution in [0.4, 0.5) is 5.82 Å². The number of aromatic nitrogens is 1. The standard InChI is InChI=1S/C11H18N2O/c1-5-6-7-12-10-8-9(14-13-10)11(2,3)4/h5,8H,1,6-7H2,2-4H3,(H,12,13). The van der Waals surface area contributed by atoms with Crippen LogP contribution in [0.2, 0.25) is 0 Å². The molecule has 0 unspecified atom stereocenters. The summed E-state index contributed by atoms with van der Waals surface area (Å²) in [6, 6.07) is 1.95. The second-order valence-electron chi connectivity index (χ2n) is 4.33. The molecule has 1 aromatic rings. The van der Waals surface area contributed by atoms with Gasteiger partial charge in [-0.05, 0) is 6.42 Å². The van der Waals surface area contributed by atoms with Crippen LogP contribution in [0.5, 0.6) is 0 Å². The fourth-order valence-corrected chi connectivity index (χ4v) is 1.01. The second-order valence-corrected chi connectivity index (χ2v) is 4.33. The molecule has 3 heteroatoms. The zero-order chi connectivity index (χ0) is 10.6. The lowest BCUT2D eigenvalue weighted by Gasteiger charge is -2.12. The first-order valence-electron chi connectivity index (χ1n) is 4.86. The fourth-order valence-electron chi connectivity index (χ4n) is 1.01. The van der Waals surface area contributed by atoms with Crippen LogP contribution in [0.15, 0.2) is 23.2 Å². The number of rotatable bonds is 4. The zero-order valence-electron chi connectivity index (χ0n) is 9.13. The van der Waals surface area contributed by atoms with Crippen molar-refractivity contribution >= 4 is 5.82 Å². The van der Waals surface area contributed by atoms with Gasteiger partial charge in [-0.3, -0.25) is 0 Å². The number of nitrogens with one attached hydrogen (secondary N) is 1. The van der Waals surface area contributed by atoms with Gasteiger partial charge in [0.05, 0.1) is 0 Å². The predicted octanol–water partition coefficient (Wildman–Crippen LogP) is 2.96. The van der Waals surface area contributed by atoms with Crippen LogP contribution in [0.25, 0.3) is 0 Å². The Morgan fingerprint density at radius 1 is 1.57 bits per heavy atom. The van der Waals surface area contributed by atoms with Gasteiger partial charge in [-0.1, -0.05) is 32.0 Å². The van der Waals surface area contributed by atoms with E-state index in [1.54, 1.807) is 0 Å². The SMILES string of the molecule is C=CCCNc1cc(C(C)(C)C)on1. The van der Waals surface area contributed by atoms with Crippen LogP contribution in [0.1, 0.15) is 33.0 Å². The zero-order valence-corrected chi connectivity index (χ0v) is 9.13. The van der Waals surface area contributed by atoms with Gasteiger partial charge >= 0.3 is 0 Å². The lowest BCUT2D eigenvalue weighted by Crippen LogP contribution is -2.09. The van der Waals surface area contributed by atoms with E-state index in [9.17, 15) is 0 Å². The minimum Gasteiger partial charge on any atom is -0.367 e. The highest BCUT2D eigenvalue weighted by Gasteiger charge is 2.19. The molecule has 0 amide bonds. The fraction of sp³-hybridized carbons (Fsp3) is 0.545. The van der Waals surface area contributed by atoms with Gasteiger partial charge in [0.25, 0.3) is 0 Å². The molecule has 0 fully saturated rings. The molecule has 0 aliphatic heterocycles. The molecule has 1 heterocycles. The summed E-state index contributed by atoms with van der Waals surface area (Å²) in [7, 11) is 0. The van der Waals surface area contributed by atoms with Gasteiger partial charge in [-0.15, -0.1) is 6.58 Å². The van der Waals surface area contributed by atoms with Crippen molar-refractivity contribution in [2.24, 2.45) is 0 Å². The van der Waals surface area contributed by atoms with Crippen LogP contribution < -0.4 is 5.32 Å². The average Bonchev–Trinajstić information content (AvgIpc) is 2.52. The molecule has 1 rings (SSSR count). The Bertz CT molecular complexity index is 296. The third kappa shape index (κ3) is 2.91. The molecule has 1 N–H and O–H groups in total.